The molecular weight excluding hydrogens is 300 g/mol. The number of amides is 2. The Morgan fingerprint density at radius 2 is 2.13 bits per heavy atom. The summed E-state index contributed by atoms with van der Waals surface area (Å²) in [6.07, 6.45) is 0. The number of ether oxygens (including phenoxy) is 2. The average Bonchev–Trinajstić information content (AvgIpc) is 2.94. The van der Waals surface area contributed by atoms with Crippen LogP contribution >= 0.6 is 0 Å². The first-order valence-electron chi connectivity index (χ1n) is 7.12. The van der Waals surface area contributed by atoms with Gasteiger partial charge in [-0.25, -0.2) is 4.79 Å². The summed E-state index contributed by atoms with van der Waals surface area (Å²) in [4.78, 5) is 17.8. The molecule has 1 aromatic heterocycles. The number of carbonyl (C=O) groups is 1. The molecule has 2 aromatic rings. The van der Waals surface area contributed by atoms with Crippen LogP contribution in [0.3, 0.4) is 0 Å². The Balaban J connectivity index is 1.96. The van der Waals surface area contributed by atoms with Gasteiger partial charge in [0.1, 0.15) is 12.4 Å². The van der Waals surface area contributed by atoms with Crippen LogP contribution < -0.4 is 10.1 Å². The average molecular weight is 320 g/mol. The highest BCUT2D eigenvalue weighted by Gasteiger charge is 2.14. The first kappa shape index (κ1) is 16.8. The number of urea groups is 1. The first-order valence-corrected chi connectivity index (χ1v) is 7.12. The maximum absolute atomic E-state index is 12.3. The molecule has 0 aliphatic heterocycles. The molecule has 1 heterocycles. The number of para-hydroxylation sites is 2. The Morgan fingerprint density at radius 1 is 1.35 bits per heavy atom. The van der Waals surface area contributed by atoms with Crippen molar-refractivity contribution in [1.82, 2.24) is 15.0 Å². The van der Waals surface area contributed by atoms with Crippen molar-refractivity contribution in [3.63, 3.8) is 0 Å². The topological polar surface area (TPSA) is 89.7 Å². The van der Waals surface area contributed by atoms with E-state index in [9.17, 15) is 4.79 Å². The van der Waals surface area contributed by atoms with Gasteiger partial charge >= 0.3 is 6.03 Å². The monoisotopic (exact) mass is 320 g/mol. The molecule has 0 aliphatic carbocycles. The zero-order valence-corrected chi connectivity index (χ0v) is 13.4. The molecule has 124 valence electrons. The molecule has 23 heavy (non-hydrogen) atoms. The predicted octanol–water partition coefficient (Wildman–Crippen LogP) is 2.07. The van der Waals surface area contributed by atoms with Crippen LogP contribution in [0.1, 0.15) is 11.7 Å². The minimum absolute atomic E-state index is 0.246. The van der Waals surface area contributed by atoms with Crippen LogP contribution in [0.15, 0.2) is 28.8 Å². The Morgan fingerprint density at radius 3 is 2.83 bits per heavy atom. The molecule has 1 aromatic carbocycles. The maximum atomic E-state index is 12.3. The molecule has 0 radical (unpaired) electrons. The second kappa shape index (κ2) is 8.14. The lowest BCUT2D eigenvalue weighted by Crippen LogP contribution is -2.31. The minimum Gasteiger partial charge on any atom is -0.489 e. The van der Waals surface area contributed by atoms with Gasteiger partial charge in [-0.3, -0.25) is 0 Å². The lowest BCUT2D eigenvalue weighted by atomic mass is 10.3. The van der Waals surface area contributed by atoms with Gasteiger partial charge in [0, 0.05) is 21.1 Å². The summed E-state index contributed by atoms with van der Waals surface area (Å²) in [6.45, 7) is 2.82. The molecule has 8 heteroatoms. The van der Waals surface area contributed by atoms with Crippen molar-refractivity contribution in [2.75, 3.05) is 32.7 Å². The number of hydrogen-bond acceptors (Lipinski definition) is 6. The van der Waals surface area contributed by atoms with Crippen LogP contribution in [0.25, 0.3) is 0 Å². The van der Waals surface area contributed by atoms with Gasteiger partial charge in [0.15, 0.2) is 5.82 Å². The molecule has 0 unspecified atom stereocenters. The number of nitrogens with zero attached hydrogens (tertiary/aromatic N) is 3. The standard InChI is InChI=1S/C15H20N4O4/c1-11-16-14(18-23-11)10-19(2)15(20)17-12-6-4-5-7-13(12)22-9-8-21-3/h4-7H,8-10H2,1-3H3,(H,17,20). The second-order valence-corrected chi connectivity index (χ2v) is 4.85. The van der Waals surface area contributed by atoms with Gasteiger partial charge in [0.2, 0.25) is 5.89 Å². The second-order valence-electron chi connectivity index (χ2n) is 4.85. The molecule has 2 amide bonds. The van der Waals surface area contributed by atoms with E-state index in [0.717, 1.165) is 0 Å². The SMILES string of the molecule is COCCOc1ccccc1NC(=O)N(C)Cc1noc(C)n1. The molecule has 2 rings (SSSR count). The summed E-state index contributed by atoms with van der Waals surface area (Å²) >= 11 is 0. The van der Waals surface area contributed by atoms with E-state index in [1.807, 2.05) is 12.1 Å². The quantitative estimate of drug-likeness (QED) is 0.786. The Hall–Kier alpha value is -2.61. The third-order valence-corrected chi connectivity index (χ3v) is 2.97. The lowest BCUT2D eigenvalue weighted by Gasteiger charge is -2.18. The molecule has 0 bridgehead atoms. The van der Waals surface area contributed by atoms with Crippen molar-refractivity contribution in [3.8, 4) is 5.75 Å². The maximum Gasteiger partial charge on any atom is 0.322 e. The van der Waals surface area contributed by atoms with Crippen molar-refractivity contribution < 1.29 is 18.8 Å². The van der Waals surface area contributed by atoms with Crippen LogP contribution in [-0.4, -0.2) is 48.4 Å². The van der Waals surface area contributed by atoms with Gasteiger partial charge in [0.05, 0.1) is 18.8 Å². The molecular formula is C15H20N4O4. The lowest BCUT2D eigenvalue weighted by molar-refractivity contribution is 0.146. The van der Waals surface area contributed by atoms with Crippen molar-refractivity contribution in [3.05, 3.63) is 36.0 Å². The molecule has 0 fully saturated rings. The molecule has 0 saturated heterocycles. The Labute approximate surface area is 134 Å². The van der Waals surface area contributed by atoms with Crippen LogP contribution in [0, 0.1) is 6.92 Å². The number of rotatable bonds is 7. The third kappa shape index (κ3) is 4.96. The van der Waals surface area contributed by atoms with Crippen LogP contribution in [-0.2, 0) is 11.3 Å². The van der Waals surface area contributed by atoms with Crippen molar-refractivity contribution in [2.24, 2.45) is 0 Å². The number of hydrogen-bond donors (Lipinski definition) is 1. The number of benzene rings is 1. The zero-order valence-electron chi connectivity index (χ0n) is 13.4. The fraction of sp³-hybridized carbons (Fsp3) is 0.400. The van der Waals surface area contributed by atoms with E-state index >= 15 is 0 Å². The predicted molar refractivity (Wildman–Crippen MR) is 83.3 cm³/mol. The van der Waals surface area contributed by atoms with Crippen molar-refractivity contribution in [2.45, 2.75) is 13.5 Å². The molecule has 0 saturated carbocycles. The van der Waals surface area contributed by atoms with Crippen LogP contribution in [0.4, 0.5) is 10.5 Å². The fourth-order valence-electron chi connectivity index (χ4n) is 1.83. The number of carbonyl (C=O) groups excluding carboxylic acids is 1. The number of aromatic nitrogens is 2. The third-order valence-electron chi connectivity index (χ3n) is 2.97. The van der Waals surface area contributed by atoms with Crippen LogP contribution in [0.5, 0.6) is 5.75 Å². The van der Waals surface area contributed by atoms with E-state index in [1.54, 1.807) is 33.2 Å². The molecule has 0 spiro atoms. The Bertz CT molecular complexity index is 644. The number of methoxy groups -OCH3 is 1. The van der Waals surface area contributed by atoms with E-state index < -0.39 is 0 Å². The van der Waals surface area contributed by atoms with E-state index in [2.05, 4.69) is 15.5 Å². The first-order chi connectivity index (χ1) is 11.1. The van der Waals surface area contributed by atoms with Crippen molar-refractivity contribution in [1.29, 1.82) is 0 Å². The van der Waals surface area contributed by atoms with Gasteiger partial charge in [-0.05, 0) is 12.1 Å². The van der Waals surface area contributed by atoms with Crippen LogP contribution in [0.2, 0.25) is 0 Å². The summed E-state index contributed by atoms with van der Waals surface area (Å²) in [5.41, 5.74) is 0.588. The van der Waals surface area contributed by atoms with Gasteiger partial charge in [-0.1, -0.05) is 17.3 Å². The summed E-state index contributed by atoms with van der Waals surface area (Å²) in [6, 6.07) is 6.92. The van der Waals surface area contributed by atoms with Gasteiger partial charge in [-0.15, -0.1) is 0 Å². The number of aryl methyl sites for hydroxylation is 1. The molecule has 0 atom stereocenters. The summed E-state index contributed by atoms with van der Waals surface area (Å²) in [5.74, 6) is 1.50. The number of nitrogens with one attached hydrogen (secondary N) is 1. The normalized spacial score (nSPS) is 10.4. The number of anilines is 1. The summed E-state index contributed by atoms with van der Waals surface area (Å²) in [5, 5.41) is 6.57. The van der Waals surface area contributed by atoms with Gasteiger partial charge < -0.3 is 24.2 Å². The smallest absolute Gasteiger partial charge is 0.322 e. The molecule has 1 N–H and O–H groups in total. The Kier molecular flexibility index (Phi) is 5.93. The molecule has 8 nitrogen and oxygen atoms in total. The van der Waals surface area contributed by atoms with Gasteiger partial charge in [-0.2, -0.15) is 4.98 Å². The largest absolute Gasteiger partial charge is 0.489 e. The van der Waals surface area contributed by atoms with E-state index in [0.29, 0.717) is 36.4 Å². The fourth-order valence-corrected chi connectivity index (χ4v) is 1.83. The van der Waals surface area contributed by atoms with E-state index in [1.165, 1.54) is 4.90 Å². The summed E-state index contributed by atoms with van der Waals surface area (Å²) in [7, 11) is 3.25. The summed E-state index contributed by atoms with van der Waals surface area (Å²) < 4.78 is 15.4. The molecule has 0 aliphatic rings. The highest BCUT2D eigenvalue weighted by Crippen LogP contribution is 2.24. The zero-order chi connectivity index (χ0) is 16.7. The highest BCUT2D eigenvalue weighted by atomic mass is 16.5. The van der Waals surface area contributed by atoms with E-state index in [-0.39, 0.29) is 12.6 Å². The van der Waals surface area contributed by atoms with Crippen molar-refractivity contribution >= 4 is 11.7 Å². The highest BCUT2D eigenvalue weighted by molar-refractivity contribution is 5.90. The van der Waals surface area contributed by atoms with E-state index in [4.69, 9.17) is 14.0 Å². The van der Waals surface area contributed by atoms with Gasteiger partial charge in [0.25, 0.3) is 0 Å². The minimum atomic E-state index is -0.296.